The quantitative estimate of drug-likeness (QED) is 0.806. The zero-order valence-electron chi connectivity index (χ0n) is 15.5. The average Bonchev–Trinajstić information content (AvgIpc) is 3.52. The molecule has 0 unspecified atom stereocenters. The number of rotatable bonds is 5. The fraction of sp³-hybridized carbons (Fsp3) is 0.409. The van der Waals surface area contributed by atoms with Crippen LogP contribution in [0.2, 0.25) is 5.02 Å². The van der Waals surface area contributed by atoms with E-state index in [1.54, 1.807) is 7.11 Å². The number of methoxy groups -OCH3 is 1. The summed E-state index contributed by atoms with van der Waals surface area (Å²) < 4.78 is 10.8. The minimum Gasteiger partial charge on any atom is -0.495 e. The molecule has 4 nitrogen and oxygen atoms in total. The van der Waals surface area contributed by atoms with Gasteiger partial charge in [-0.1, -0.05) is 29.8 Å². The Kier molecular flexibility index (Phi) is 5.37. The fourth-order valence-electron chi connectivity index (χ4n) is 3.65. The number of allylic oxidation sites excluding steroid dienone is 1. The summed E-state index contributed by atoms with van der Waals surface area (Å²) >= 11 is 6.37. The number of halogens is 1. The predicted octanol–water partition coefficient (Wildman–Crippen LogP) is 4.77. The highest BCUT2D eigenvalue weighted by atomic mass is 35.5. The van der Waals surface area contributed by atoms with Crippen molar-refractivity contribution in [2.24, 2.45) is 5.92 Å². The molecule has 1 N–H and O–H groups in total. The number of hydrogen-bond acceptors (Lipinski definition) is 3. The van der Waals surface area contributed by atoms with Crippen LogP contribution in [-0.2, 0) is 4.74 Å². The molecule has 1 saturated carbocycles. The zero-order valence-corrected chi connectivity index (χ0v) is 16.2. The van der Waals surface area contributed by atoms with Gasteiger partial charge in [0.25, 0.3) is 5.56 Å². The highest BCUT2D eigenvalue weighted by Crippen LogP contribution is 2.38. The number of ether oxygens (including phenoxy) is 2. The molecular formula is C22H24ClNO3. The molecule has 2 fully saturated rings. The Balaban J connectivity index is 1.75. The third kappa shape index (κ3) is 4.12. The van der Waals surface area contributed by atoms with Crippen molar-refractivity contribution in [1.82, 2.24) is 4.98 Å². The van der Waals surface area contributed by atoms with Crippen molar-refractivity contribution in [2.45, 2.75) is 31.6 Å². The molecule has 0 amide bonds. The minimum absolute atomic E-state index is 0.0208. The predicted molar refractivity (Wildman–Crippen MR) is 108 cm³/mol. The second-order valence-corrected chi connectivity index (χ2v) is 7.72. The van der Waals surface area contributed by atoms with Crippen LogP contribution in [0.4, 0.5) is 0 Å². The molecule has 2 heterocycles. The summed E-state index contributed by atoms with van der Waals surface area (Å²) in [5.41, 5.74) is 3.73. The number of benzene rings is 1. The Morgan fingerprint density at radius 2 is 1.96 bits per heavy atom. The van der Waals surface area contributed by atoms with Gasteiger partial charge in [0, 0.05) is 30.0 Å². The lowest BCUT2D eigenvalue weighted by atomic mass is 9.92. The number of nitrogens with one attached hydrogen (secondary N) is 1. The Bertz CT molecular complexity index is 908. The molecule has 4 rings (SSSR count). The summed E-state index contributed by atoms with van der Waals surface area (Å²) in [4.78, 5) is 15.7. The van der Waals surface area contributed by atoms with E-state index >= 15 is 0 Å². The zero-order chi connectivity index (χ0) is 18.8. The third-order valence-electron chi connectivity index (χ3n) is 5.38. The fourth-order valence-corrected chi connectivity index (χ4v) is 3.91. The monoisotopic (exact) mass is 385 g/mol. The maximum atomic E-state index is 12.6. The Morgan fingerprint density at radius 3 is 2.59 bits per heavy atom. The molecule has 142 valence electrons. The lowest BCUT2D eigenvalue weighted by molar-refractivity contribution is 0.0786. The van der Waals surface area contributed by atoms with E-state index in [1.807, 2.05) is 30.3 Å². The van der Waals surface area contributed by atoms with E-state index in [4.69, 9.17) is 21.1 Å². The first-order valence-electron chi connectivity index (χ1n) is 9.53. The first-order valence-corrected chi connectivity index (χ1v) is 9.90. The van der Waals surface area contributed by atoms with Crippen LogP contribution in [0.5, 0.6) is 5.75 Å². The highest BCUT2D eigenvalue weighted by molar-refractivity contribution is 6.32. The van der Waals surface area contributed by atoms with Gasteiger partial charge in [-0.3, -0.25) is 4.79 Å². The number of hydrogen-bond donors (Lipinski definition) is 1. The second-order valence-electron chi connectivity index (χ2n) is 7.31. The van der Waals surface area contributed by atoms with E-state index in [0.717, 1.165) is 61.3 Å². The summed E-state index contributed by atoms with van der Waals surface area (Å²) in [6, 6.07) is 9.76. The van der Waals surface area contributed by atoms with Crippen LogP contribution in [0.15, 0.2) is 41.2 Å². The van der Waals surface area contributed by atoms with Crippen LogP contribution in [-0.4, -0.2) is 25.3 Å². The average molecular weight is 386 g/mol. The normalized spacial score (nSPS) is 18.5. The smallest absolute Gasteiger partial charge is 0.251 e. The van der Waals surface area contributed by atoms with Gasteiger partial charge >= 0.3 is 0 Å². The Hall–Kier alpha value is -2.04. The summed E-state index contributed by atoms with van der Waals surface area (Å²) in [5, 5.41) is 0.560. The number of pyridine rings is 1. The summed E-state index contributed by atoms with van der Waals surface area (Å²) in [5.74, 6) is 1.49. The first kappa shape index (κ1) is 18.3. The van der Waals surface area contributed by atoms with Crippen LogP contribution in [0, 0.1) is 5.92 Å². The molecule has 1 aliphatic carbocycles. The van der Waals surface area contributed by atoms with Crippen LogP contribution in [0.3, 0.4) is 0 Å². The lowest BCUT2D eigenvalue weighted by Crippen LogP contribution is -2.16. The van der Waals surface area contributed by atoms with Crippen molar-refractivity contribution < 1.29 is 9.47 Å². The number of aromatic nitrogens is 1. The van der Waals surface area contributed by atoms with Gasteiger partial charge in [-0.05, 0) is 61.3 Å². The van der Waals surface area contributed by atoms with Crippen molar-refractivity contribution in [2.75, 3.05) is 20.3 Å². The van der Waals surface area contributed by atoms with E-state index in [9.17, 15) is 4.79 Å². The highest BCUT2D eigenvalue weighted by Gasteiger charge is 2.26. The largest absolute Gasteiger partial charge is 0.495 e. The minimum atomic E-state index is 0.0208. The van der Waals surface area contributed by atoms with E-state index in [-0.39, 0.29) is 5.56 Å². The van der Waals surface area contributed by atoms with Gasteiger partial charge in [0.05, 0.1) is 12.1 Å². The topological polar surface area (TPSA) is 51.3 Å². The second kappa shape index (κ2) is 7.91. The molecule has 1 saturated heterocycles. The molecule has 27 heavy (non-hydrogen) atoms. The van der Waals surface area contributed by atoms with Crippen molar-refractivity contribution in [3.8, 4) is 5.75 Å². The van der Waals surface area contributed by atoms with E-state index in [1.165, 1.54) is 0 Å². The van der Waals surface area contributed by atoms with Crippen LogP contribution in [0.25, 0.3) is 5.57 Å². The molecule has 0 atom stereocenters. The van der Waals surface area contributed by atoms with Crippen molar-refractivity contribution >= 4 is 17.2 Å². The van der Waals surface area contributed by atoms with Gasteiger partial charge in [-0.25, -0.2) is 0 Å². The van der Waals surface area contributed by atoms with Crippen molar-refractivity contribution in [1.29, 1.82) is 0 Å². The van der Waals surface area contributed by atoms with Gasteiger partial charge < -0.3 is 14.5 Å². The number of H-pyrrole nitrogens is 1. The van der Waals surface area contributed by atoms with E-state index < -0.39 is 0 Å². The van der Waals surface area contributed by atoms with Gasteiger partial charge in [-0.2, -0.15) is 0 Å². The molecule has 2 aliphatic rings. The number of aromatic amines is 1. The molecule has 2 aromatic rings. The lowest BCUT2D eigenvalue weighted by Gasteiger charge is -2.21. The maximum absolute atomic E-state index is 12.6. The molecule has 5 heteroatoms. The molecule has 1 aliphatic heterocycles. The maximum Gasteiger partial charge on any atom is 0.251 e. The third-order valence-corrected chi connectivity index (χ3v) is 5.67. The van der Waals surface area contributed by atoms with Crippen LogP contribution < -0.4 is 10.3 Å². The molecule has 0 bridgehead atoms. The Morgan fingerprint density at radius 1 is 1.19 bits per heavy atom. The van der Waals surface area contributed by atoms with Crippen molar-refractivity contribution in [3.63, 3.8) is 0 Å². The summed E-state index contributed by atoms with van der Waals surface area (Å²) in [6.07, 6.45) is 6.45. The van der Waals surface area contributed by atoms with Crippen LogP contribution >= 0.6 is 11.6 Å². The summed E-state index contributed by atoms with van der Waals surface area (Å²) in [7, 11) is 1.60. The van der Waals surface area contributed by atoms with Crippen LogP contribution in [0.1, 0.15) is 48.4 Å². The molecule has 0 spiro atoms. The Labute approximate surface area is 164 Å². The van der Waals surface area contributed by atoms with E-state index in [0.29, 0.717) is 22.6 Å². The molecule has 1 aromatic heterocycles. The first-order chi connectivity index (χ1) is 13.2. The van der Waals surface area contributed by atoms with Gasteiger partial charge in [0.15, 0.2) is 0 Å². The standard InChI is InChI=1S/C22H24ClNO3/c1-26-21-7-4-16(13-19(21)23)18(12-14-8-10-27-11-9-14)20-6-5-17(15-2-3-15)22(25)24-20/h4-7,12-15H,2-3,8-11H2,1H3,(H,24,25). The van der Waals surface area contributed by atoms with Crippen molar-refractivity contribution in [3.05, 3.63) is 68.6 Å². The molecule has 0 radical (unpaired) electrons. The van der Waals surface area contributed by atoms with Gasteiger partial charge in [-0.15, -0.1) is 0 Å². The van der Waals surface area contributed by atoms with E-state index in [2.05, 4.69) is 11.1 Å². The van der Waals surface area contributed by atoms with Gasteiger partial charge in [0.2, 0.25) is 0 Å². The SMILES string of the molecule is COc1ccc(C(=CC2CCOCC2)c2ccc(C3CC3)c(=O)[nH]2)cc1Cl. The van der Waals surface area contributed by atoms with Gasteiger partial charge in [0.1, 0.15) is 5.75 Å². The molecular weight excluding hydrogens is 362 g/mol. The summed E-state index contributed by atoms with van der Waals surface area (Å²) in [6.45, 7) is 1.55. The molecule has 1 aromatic carbocycles.